The van der Waals surface area contributed by atoms with E-state index in [0.29, 0.717) is 28.3 Å². The Morgan fingerprint density at radius 1 is 1.17 bits per heavy atom. The molecule has 0 amide bonds. The minimum Gasteiger partial charge on any atom is -0.395 e. The van der Waals surface area contributed by atoms with Gasteiger partial charge in [-0.25, -0.2) is 29.3 Å². The Kier molecular flexibility index (Phi) is 8.46. The van der Waals surface area contributed by atoms with Crippen molar-refractivity contribution in [2.75, 3.05) is 19.5 Å². The molecule has 5 rings (SSSR count). The number of rotatable bonds is 7. The van der Waals surface area contributed by atoms with Crippen molar-refractivity contribution in [1.82, 2.24) is 25.0 Å². The van der Waals surface area contributed by atoms with Gasteiger partial charge in [0.05, 0.1) is 41.6 Å². The first-order chi connectivity index (χ1) is 19.5. The standard InChI is InChI=1S/C28H36F3N5O4S/c1-16-5-4-10-32-22(16)25(27(39)6-8-28(30,31)9-7-27)41-15-20(40-3)23(24(38)21(41)14-37)36-13-19(34-35-36)18-11-17(2)26(29)33-12-18/h4-5,10-13,20-21,23-25,37-39,41H,6-9,14-15H2,1-3H3/t20-,21+,23+,24-,25+/m0/s1. The number of pyridine rings is 2. The Hall–Kier alpha value is -2.58. The summed E-state index contributed by atoms with van der Waals surface area (Å²) in [6, 6.07) is 4.50. The maximum atomic E-state index is 14.2. The fourth-order valence-electron chi connectivity index (χ4n) is 6.22. The number of methoxy groups -OCH3 is 1. The van der Waals surface area contributed by atoms with Crippen LogP contribution in [0.1, 0.15) is 53.8 Å². The number of nitrogens with zero attached hydrogens (tertiary/aromatic N) is 5. The van der Waals surface area contributed by atoms with Gasteiger partial charge in [-0.1, -0.05) is 11.3 Å². The fourth-order valence-corrected chi connectivity index (χ4v) is 10.1. The minimum absolute atomic E-state index is 0.119. The van der Waals surface area contributed by atoms with E-state index in [9.17, 15) is 28.5 Å². The molecule has 2 fully saturated rings. The predicted octanol–water partition coefficient (Wildman–Crippen LogP) is 3.47. The van der Waals surface area contributed by atoms with E-state index < -0.39 is 76.6 Å². The number of halogens is 3. The van der Waals surface area contributed by atoms with Crippen LogP contribution in [0.25, 0.3) is 11.3 Å². The van der Waals surface area contributed by atoms with Gasteiger partial charge < -0.3 is 20.1 Å². The van der Waals surface area contributed by atoms with Crippen LogP contribution in [-0.4, -0.2) is 88.7 Å². The lowest BCUT2D eigenvalue weighted by atomic mass is 9.79. The monoisotopic (exact) mass is 595 g/mol. The van der Waals surface area contributed by atoms with Gasteiger partial charge in [-0.05, 0) is 44.4 Å². The van der Waals surface area contributed by atoms with Gasteiger partial charge in [0, 0.05) is 54.5 Å². The molecule has 0 spiro atoms. The summed E-state index contributed by atoms with van der Waals surface area (Å²) >= 11 is 0. The lowest BCUT2D eigenvalue weighted by Crippen LogP contribution is -2.54. The summed E-state index contributed by atoms with van der Waals surface area (Å²) in [7, 11) is 0.0775. The molecule has 13 heteroatoms. The van der Waals surface area contributed by atoms with Crippen molar-refractivity contribution in [3.8, 4) is 11.3 Å². The van der Waals surface area contributed by atoms with E-state index >= 15 is 0 Å². The Labute approximate surface area is 239 Å². The van der Waals surface area contributed by atoms with Crippen LogP contribution in [0.3, 0.4) is 0 Å². The second-order valence-electron chi connectivity index (χ2n) is 11.2. The van der Waals surface area contributed by atoms with Crippen LogP contribution in [0.15, 0.2) is 36.8 Å². The molecule has 0 bridgehead atoms. The van der Waals surface area contributed by atoms with E-state index in [-0.39, 0.29) is 12.8 Å². The summed E-state index contributed by atoms with van der Waals surface area (Å²) in [5.41, 5.74) is 1.24. The number of aliphatic hydroxyl groups excluding tert-OH is 2. The van der Waals surface area contributed by atoms with Gasteiger partial charge >= 0.3 is 0 Å². The Morgan fingerprint density at radius 3 is 2.54 bits per heavy atom. The normalized spacial score (nSPS) is 29.2. The van der Waals surface area contributed by atoms with Gasteiger partial charge in [0.15, 0.2) is 0 Å². The third-order valence-corrected chi connectivity index (χ3v) is 12.0. The summed E-state index contributed by atoms with van der Waals surface area (Å²) in [6.45, 7) is 3.06. The molecule has 9 nitrogen and oxygen atoms in total. The first-order valence-corrected chi connectivity index (χ1v) is 15.3. The number of thiol groups is 1. The van der Waals surface area contributed by atoms with Crippen LogP contribution in [0.5, 0.6) is 0 Å². The van der Waals surface area contributed by atoms with Crippen LogP contribution < -0.4 is 0 Å². The van der Waals surface area contributed by atoms with Crippen molar-refractivity contribution in [3.63, 3.8) is 0 Å². The van der Waals surface area contributed by atoms with Crippen LogP contribution in [-0.2, 0) is 4.74 Å². The molecule has 3 aromatic heterocycles. The van der Waals surface area contributed by atoms with E-state index in [0.717, 1.165) is 5.56 Å². The SMILES string of the molecule is CO[C@H]1C[SH]([C@H](c2ncccc2C)C2(O)CCC(F)(F)CC2)[C@H](CO)[C@H](O)[C@@H]1n1cc(-c2cnc(F)c(C)c2)nn1. The number of aliphatic hydroxyl groups is 3. The predicted molar refractivity (Wildman–Crippen MR) is 149 cm³/mol. The number of hydrogen-bond acceptors (Lipinski definition) is 8. The molecule has 1 saturated heterocycles. The molecule has 3 N–H and O–H groups in total. The maximum absolute atomic E-state index is 14.2. The topological polar surface area (TPSA) is 126 Å². The number of hydrogen-bond donors (Lipinski definition) is 4. The fraction of sp³-hybridized carbons (Fsp3) is 0.571. The van der Waals surface area contributed by atoms with E-state index in [2.05, 4.69) is 20.3 Å². The summed E-state index contributed by atoms with van der Waals surface area (Å²) in [6.07, 6.45) is 1.69. The summed E-state index contributed by atoms with van der Waals surface area (Å²) < 4.78 is 49.5. The molecule has 0 radical (unpaired) electrons. The van der Waals surface area contributed by atoms with Gasteiger partial charge in [0.1, 0.15) is 11.7 Å². The second kappa shape index (κ2) is 11.6. The third kappa shape index (κ3) is 5.74. The Balaban J connectivity index is 1.51. The third-order valence-electron chi connectivity index (χ3n) is 8.55. The van der Waals surface area contributed by atoms with Crippen molar-refractivity contribution in [2.45, 2.75) is 79.8 Å². The number of alkyl halides is 2. The average Bonchev–Trinajstić information content (AvgIpc) is 3.43. The zero-order valence-electron chi connectivity index (χ0n) is 23.2. The van der Waals surface area contributed by atoms with Crippen molar-refractivity contribution < 1.29 is 33.2 Å². The zero-order valence-corrected chi connectivity index (χ0v) is 24.1. The van der Waals surface area contributed by atoms with E-state index in [1.165, 1.54) is 18.0 Å². The molecule has 0 aromatic carbocycles. The van der Waals surface area contributed by atoms with Gasteiger partial charge in [0.2, 0.25) is 11.9 Å². The molecule has 4 heterocycles. The number of aromatic nitrogens is 5. The van der Waals surface area contributed by atoms with E-state index in [1.807, 2.05) is 13.0 Å². The van der Waals surface area contributed by atoms with Crippen molar-refractivity contribution in [3.05, 3.63) is 59.6 Å². The highest BCUT2D eigenvalue weighted by Gasteiger charge is 2.54. The molecule has 41 heavy (non-hydrogen) atoms. The van der Waals surface area contributed by atoms with E-state index in [1.54, 1.807) is 31.5 Å². The molecule has 1 aliphatic carbocycles. The first-order valence-electron chi connectivity index (χ1n) is 13.6. The van der Waals surface area contributed by atoms with Gasteiger partial charge in [-0.3, -0.25) is 4.98 Å². The molecule has 2 aliphatic rings. The summed E-state index contributed by atoms with van der Waals surface area (Å²) in [4.78, 5) is 8.34. The van der Waals surface area contributed by atoms with Crippen molar-refractivity contribution in [2.24, 2.45) is 0 Å². The highest BCUT2D eigenvalue weighted by Crippen LogP contribution is 2.61. The summed E-state index contributed by atoms with van der Waals surface area (Å²) in [5.74, 6) is -3.08. The molecule has 1 saturated carbocycles. The Morgan fingerprint density at radius 2 is 1.90 bits per heavy atom. The van der Waals surface area contributed by atoms with Crippen LogP contribution >= 0.6 is 10.9 Å². The van der Waals surface area contributed by atoms with Crippen LogP contribution in [0, 0.1) is 19.8 Å². The van der Waals surface area contributed by atoms with Gasteiger partial charge in [-0.2, -0.15) is 4.39 Å². The van der Waals surface area contributed by atoms with E-state index in [4.69, 9.17) is 4.74 Å². The average molecular weight is 596 g/mol. The lowest BCUT2D eigenvalue weighted by Gasteiger charge is -2.53. The largest absolute Gasteiger partial charge is 0.395 e. The lowest BCUT2D eigenvalue weighted by molar-refractivity contribution is -0.105. The summed E-state index contributed by atoms with van der Waals surface area (Å²) in [5, 5.41) is 41.4. The van der Waals surface area contributed by atoms with Crippen LogP contribution in [0.2, 0.25) is 0 Å². The quantitative estimate of drug-likeness (QED) is 0.242. The molecule has 1 unspecified atom stereocenters. The van der Waals surface area contributed by atoms with Crippen molar-refractivity contribution >= 4 is 10.9 Å². The molecular weight excluding hydrogens is 559 g/mol. The molecule has 3 aromatic rings. The molecule has 6 atom stereocenters. The second-order valence-corrected chi connectivity index (χ2v) is 13.8. The first kappa shape index (κ1) is 29.9. The minimum atomic E-state index is -2.85. The molecule has 224 valence electrons. The highest BCUT2D eigenvalue weighted by molar-refractivity contribution is 8.18. The highest BCUT2D eigenvalue weighted by atomic mass is 32.2. The smallest absolute Gasteiger partial charge is 0.248 e. The Bertz CT molecular complexity index is 1370. The van der Waals surface area contributed by atoms with Crippen molar-refractivity contribution in [1.29, 1.82) is 0 Å². The number of aryl methyl sites for hydroxylation is 2. The van der Waals surface area contributed by atoms with Crippen LogP contribution in [0.4, 0.5) is 13.2 Å². The molecular formula is C28H36F3N5O4S. The zero-order chi connectivity index (χ0) is 29.5. The maximum Gasteiger partial charge on any atom is 0.248 e. The molecule has 1 aliphatic heterocycles. The van der Waals surface area contributed by atoms with Gasteiger partial charge in [-0.15, -0.1) is 5.10 Å². The van der Waals surface area contributed by atoms with Gasteiger partial charge in [0.25, 0.3) is 0 Å². The number of ether oxygens (including phenoxy) is 1.